The highest BCUT2D eigenvalue weighted by Gasteiger charge is 2.17. The van der Waals surface area contributed by atoms with Crippen molar-refractivity contribution in [1.29, 1.82) is 0 Å². The van der Waals surface area contributed by atoms with E-state index in [-0.39, 0.29) is 0 Å². The number of benzene rings is 1. The molecule has 0 amide bonds. The number of methoxy groups -OCH3 is 1. The quantitative estimate of drug-likeness (QED) is 0.869. The minimum Gasteiger partial charge on any atom is -0.496 e. The third-order valence-electron chi connectivity index (χ3n) is 3.58. The first-order valence-electron chi connectivity index (χ1n) is 7.07. The predicted octanol–water partition coefficient (Wildman–Crippen LogP) is 2.90. The maximum Gasteiger partial charge on any atom is 0.122 e. The lowest BCUT2D eigenvalue weighted by Gasteiger charge is -2.14. The van der Waals surface area contributed by atoms with Crippen LogP contribution in [-0.2, 0) is 26.3 Å². The molecule has 1 aromatic heterocycles. The molecule has 1 aromatic carbocycles. The molecule has 1 heterocycles. The first-order chi connectivity index (χ1) is 10.1. The van der Waals surface area contributed by atoms with Crippen LogP contribution in [0.4, 0.5) is 0 Å². The standard InChI is InChI=1S/C16H21BrN2O2/c1-4-13-16(17)14(19(2)18-13)10-12(20)9-11-7-5-6-8-15(11)21-3/h5-8,12,20H,4,9-10H2,1-3H3. The summed E-state index contributed by atoms with van der Waals surface area (Å²) in [6.45, 7) is 2.07. The number of rotatable bonds is 6. The van der Waals surface area contributed by atoms with Crippen LogP contribution in [0, 0.1) is 0 Å². The summed E-state index contributed by atoms with van der Waals surface area (Å²) < 4.78 is 8.18. The number of ether oxygens (including phenoxy) is 1. The van der Waals surface area contributed by atoms with E-state index in [1.54, 1.807) is 7.11 Å². The van der Waals surface area contributed by atoms with E-state index in [1.807, 2.05) is 36.0 Å². The fourth-order valence-electron chi connectivity index (χ4n) is 2.46. The van der Waals surface area contributed by atoms with Crippen LogP contribution in [0.3, 0.4) is 0 Å². The number of aryl methyl sites for hydroxylation is 2. The van der Waals surface area contributed by atoms with Crippen LogP contribution in [0.15, 0.2) is 28.7 Å². The molecule has 0 saturated carbocycles. The molecular formula is C16H21BrN2O2. The lowest BCUT2D eigenvalue weighted by atomic mass is 10.0. The maximum atomic E-state index is 10.4. The first kappa shape index (κ1) is 16.0. The molecule has 0 aliphatic rings. The smallest absolute Gasteiger partial charge is 0.122 e. The Morgan fingerprint density at radius 3 is 2.67 bits per heavy atom. The van der Waals surface area contributed by atoms with Gasteiger partial charge < -0.3 is 9.84 Å². The number of aliphatic hydroxyl groups excluding tert-OH is 1. The average molecular weight is 353 g/mol. The summed E-state index contributed by atoms with van der Waals surface area (Å²) in [6, 6.07) is 7.79. The van der Waals surface area contributed by atoms with Crippen molar-refractivity contribution >= 4 is 15.9 Å². The third-order valence-corrected chi connectivity index (χ3v) is 4.50. The van der Waals surface area contributed by atoms with Gasteiger partial charge in [-0.3, -0.25) is 4.68 Å². The zero-order valence-electron chi connectivity index (χ0n) is 12.6. The molecule has 5 heteroatoms. The number of hydrogen-bond donors (Lipinski definition) is 1. The van der Waals surface area contributed by atoms with E-state index in [0.717, 1.165) is 33.6 Å². The van der Waals surface area contributed by atoms with Crippen LogP contribution >= 0.6 is 15.9 Å². The van der Waals surface area contributed by atoms with E-state index in [1.165, 1.54) is 0 Å². The van der Waals surface area contributed by atoms with Crippen molar-refractivity contribution in [1.82, 2.24) is 9.78 Å². The lowest BCUT2D eigenvalue weighted by molar-refractivity contribution is 0.171. The maximum absolute atomic E-state index is 10.4. The van der Waals surface area contributed by atoms with Gasteiger partial charge in [-0.1, -0.05) is 25.1 Å². The van der Waals surface area contributed by atoms with E-state index >= 15 is 0 Å². The van der Waals surface area contributed by atoms with Gasteiger partial charge in [0.2, 0.25) is 0 Å². The van der Waals surface area contributed by atoms with Gasteiger partial charge in [0.1, 0.15) is 5.75 Å². The van der Waals surface area contributed by atoms with Crippen molar-refractivity contribution in [3.05, 3.63) is 45.7 Å². The number of aliphatic hydroxyl groups is 1. The van der Waals surface area contributed by atoms with Gasteiger partial charge in [0, 0.05) is 19.9 Å². The molecule has 0 fully saturated rings. The molecule has 2 aromatic rings. The normalized spacial score (nSPS) is 12.4. The summed E-state index contributed by atoms with van der Waals surface area (Å²) in [5.41, 5.74) is 3.06. The Bertz CT molecular complexity index is 610. The predicted molar refractivity (Wildman–Crippen MR) is 86.7 cm³/mol. The number of halogens is 1. The number of nitrogens with zero attached hydrogens (tertiary/aromatic N) is 2. The SMILES string of the molecule is CCc1nn(C)c(CC(O)Cc2ccccc2OC)c1Br. The molecule has 0 bridgehead atoms. The molecule has 1 N–H and O–H groups in total. The van der Waals surface area contributed by atoms with Gasteiger partial charge in [0.25, 0.3) is 0 Å². The average Bonchev–Trinajstić information content (AvgIpc) is 2.75. The highest BCUT2D eigenvalue weighted by molar-refractivity contribution is 9.10. The van der Waals surface area contributed by atoms with Crippen LogP contribution < -0.4 is 4.74 Å². The van der Waals surface area contributed by atoms with Gasteiger partial charge in [0.15, 0.2) is 0 Å². The van der Waals surface area contributed by atoms with Crippen molar-refractivity contribution in [2.45, 2.75) is 32.3 Å². The zero-order chi connectivity index (χ0) is 15.4. The topological polar surface area (TPSA) is 47.3 Å². The lowest BCUT2D eigenvalue weighted by Crippen LogP contribution is -2.17. The molecule has 4 nitrogen and oxygen atoms in total. The van der Waals surface area contributed by atoms with E-state index < -0.39 is 6.10 Å². The van der Waals surface area contributed by atoms with Crippen LogP contribution in [0.5, 0.6) is 5.75 Å². The minimum absolute atomic E-state index is 0.474. The summed E-state index contributed by atoms with van der Waals surface area (Å²) in [6.07, 6.45) is 1.51. The van der Waals surface area contributed by atoms with E-state index in [9.17, 15) is 5.11 Å². The molecule has 1 atom stereocenters. The Balaban J connectivity index is 2.12. The zero-order valence-corrected chi connectivity index (χ0v) is 14.2. The Kier molecular flexibility index (Phi) is 5.42. The summed E-state index contributed by atoms with van der Waals surface area (Å²) >= 11 is 3.59. The molecule has 0 spiro atoms. The summed E-state index contributed by atoms with van der Waals surface area (Å²) in [5.74, 6) is 0.815. The van der Waals surface area contributed by atoms with Gasteiger partial charge in [-0.05, 0) is 34.0 Å². The molecule has 1 unspecified atom stereocenters. The summed E-state index contributed by atoms with van der Waals surface area (Å²) in [5, 5.41) is 14.8. The number of aromatic nitrogens is 2. The largest absolute Gasteiger partial charge is 0.496 e. The molecule has 0 aliphatic carbocycles. The molecule has 114 valence electrons. The van der Waals surface area contributed by atoms with E-state index in [4.69, 9.17) is 4.74 Å². The van der Waals surface area contributed by atoms with Crippen LogP contribution in [0.1, 0.15) is 23.9 Å². The fraction of sp³-hybridized carbons (Fsp3) is 0.438. The Morgan fingerprint density at radius 2 is 2.05 bits per heavy atom. The van der Waals surface area contributed by atoms with E-state index in [0.29, 0.717) is 12.8 Å². The van der Waals surface area contributed by atoms with Gasteiger partial charge in [0.05, 0.1) is 29.1 Å². The van der Waals surface area contributed by atoms with Crippen molar-refractivity contribution < 1.29 is 9.84 Å². The highest BCUT2D eigenvalue weighted by atomic mass is 79.9. The molecule has 21 heavy (non-hydrogen) atoms. The molecule has 0 aliphatic heterocycles. The van der Waals surface area contributed by atoms with Gasteiger partial charge in [-0.15, -0.1) is 0 Å². The van der Waals surface area contributed by atoms with E-state index in [2.05, 4.69) is 28.0 Å². The highest BCUT2D eigenvalue weighted by Crippen LogP contribution is 2.25. The van der Waals surface area contributed by atoms with Crippen molar-refractivity contribution in [2.75, 3.05) is 7.11 Å². The van der Waals surface area contributed by atoms with Crippen LogP contribution in [0.2, 0.25) is 0 Å². The van der Waals surface area contributed by atoms with Gasteiger partial charge in [-0.2, -0.15) is 5.10 Å². The number of hydrogen-bond acceptors (Lipinski definition) is 3. The second-order valence-electron chi connectivity index (χ2n) is 5.06. The van der Waals surface area contributed by atoms with Gasteiger partial charge in [-0.25, -0.2) is 0 Å². The summed E-state index contributed by atoms with van der Waals surface area (Å²) in [4.78, 5) is 0. The molecule has 0 saturated heterocycles. The second kappa shape index (κ2) is 7.09. The van der Waals surface area contributed by atoms with Crippen molar-refractivity contribution in [3.63, 3.8) is 0 Å². The monoisotopic (exact) mass is 352 g/mol. The number of para-hydroxylation sites is 1. The molecular weight excluding hydrogens is 332 g/mol. The Hall–Kier alpha value is -1.33. The third kappa shape index (κ3) is 3.66. The van der Waals surface area contributed by atoms with Crippen molar-refractivity contribution in [2.24, 2.45) is 7.05 Å². The summed E-state index contributed by atoms with van der Waals surface area (Å²) in [7, 11) is 3.56. The van der Waals surface area contributed by atoms with Crippen LogP contribution in [0.25, 0.3) is 0 Å². The van der Waals surface area contributed by atoms with Crippen molar-refractivity contribution in [3.8, 4) is 5.75 Å². The Labute approximate surface area is 133 Å². The second-order valence-corrected chi connectivity index (χ2v) is 5.85. The molecule has 0 radical (unpaired) electrons. The van der Waals surface area contributed by atoms with Gasteiger partial charge >= 0.3 is 0 Å². The van der Waals surface area contributed by atoms with Crippen LogP contribution in [-0.4, -0.2) is 28.1 Å². The molecule has 2 rings (SSSR count). The first-order valence-corrected chi connectivity index (χ1v) is 7.86. The Morgan fingerprint density at radius 1 is 1.33 bits per heavy atom. The fourth-order valence-corrected chi connectivity index (χ4v) is 3.24. The minimum atomic E-state index is -0.474.